The van der Waals surface area contributed by atoms with E-state index in [1.54, 1.807) is 24.3 Å². The van der Waals surface area contributed by atoms with E-state index in [4.69, 9.17) is 0 Å². The number of hydrogen-bond donors (Lipinski definition) is 3. The Kier molecular flexibility index (Phi) is 6.75. The van der Waals surface area contributed by atoms with Crippen LogP contribution in [0.4, 0.5) is 5.69 Å². The van der Waals surface area contributed by atoms with Gasteiger partial charge in [-0.15, -0.1) is 0 Å². The summed E-state index contributed by atoms with van der Waals surface area (Å²) in [6.45, 7) is 8.18. The van der Waals surface area contributed by atoms with Crippen LogP contribution >= 0.6 is 0 Å². The topological polar surface area (TPSA) is 87.3 Å². The minimum Gasteiger partial charge on any atom is -0.354 e. The maximum Gasteiger partial charge on any atom is 0.251 e. The van der Waals surface area contributed by atoms with Crippen LogP contribution in [-0.2, 0) is 9.59 Å². The summed E-state index contributed by atoms with van der Waals surface area (Å²) in [5.74, 6) is -0.399. The number of nitrogens with one attached hydrogen (secondary N) is 3. The van der Waals surface area contributed by atoms with Crippen LogP contribution in [0.3, 0.4) is 0 Å². The van der Waals surface area contributed by atoms with E-state index in [-0.39, 0.29) is 23.1 Å². The lowest BCUT2D eigenvalue weighted by atomic mass is 9.92. The van der Waals surface area contributed by atoms with Crippen molar-refractivity contribution in [3.63, 3.8) is 0 Å². The molecule has 0 unspecified atom stereocenters. The fourth-order valence-corrected chi connectivity index (χ4v) is 1.93. The van der Waals surface area contributed by atoms with E-state index < -0.39 is 0 Å². The molecule has 6 heteroatoms. The van der Waals surface area contributed by atoms with Crippen LogP contribution in [0.1, 0.15) is 44.5 Å². The second-order valence-electron chi connectivity index (χ2n) is 6.60. The number of anilines is 1. The average Bonchev–Trinajstić information content (AvgIpc) is 2.41. The monoisotopic (exact) mass is 319 g/mol. The van der Waals surface area contributed by atoms with Crippen LogP contribution < -0.4 is 16.0 Å². The van der Waals surface area contributed by atoms with Gasteiger partial charge in [0, 0.05) is 37.7 Å². The van der Waals surface area contributed by atoms with Crippen molar-refractivity contribution in [1.82, 2.24) is 10.6 Å². The number of rotatable bonds is 6. The molecule has 1 aromatic rings. The molecule has 0 aliphatic carbocycles. The SMILES string of the molecule is CC(=O)Nc1ccc(C(=O)NCCNC(=O)CC(C)(C)C)cc1. The number of carbonyl (C=O) groups excluding carboxylic acids is 3. The standard InChI is InChI=1S/C17H25N3O3/c1-12(21)20-14-7-5-13(6-8-14)16(23)19-10-9-18-15(22)11-17(2,3)4/h5-8H,9-11H2,1-4H3,(H,18,22)(H,19,23)(H,20,21). The molecule has 3 N–H and O–H groups in total. The fraction of sp³-hybridized carbons (Fsp3) is 0.471. The Bertz CT molecular complexity index is 559. The molecule has 0 spiro atoms. The van der Waals surface area contributed by atoms with Crippen molar-refractivity contribution >= 4 is 23.4 Å². The van der Waals surface area contributed by atoms with Gasteiger partial charge in [0.2, 0.25) is 11.8 Å². The molecule has 1 aromatic carbocycles. The first-order valence-electron chi connectivity index (χ1n) is 7.60. The van der Waals surface area contributed by atoms with Gasteiger partial charge in [0.25, 0.3) is 5.91 Å². The largest absolute Gasteiger partial charge is 0.354 e. The van der Waals surface area contributed by atoms with Gasteiger partial charge in [-0.2, -0.15) is 0 Å². The van der Waals surface area contributed by atoms with Crippen molar-refractivity contribution in [2.45, 2.75) is 34.1 Å². The number of hydrogen-bond acceptors (Lipinski definition) is 3. The van der Waals surface area contributed by atoms with Crippen molar-refractivity contribution < 1.29 is 14.4 Å². The van der Waals surface area contributed by atoms with Crippen molar-refractivity contribution in [3.05, 3.63) is 29.8 Å². The smallest absolute Gasteiger partial charge is 0.251 e. The molecule has 0 radical (unpaired) electrons. The van der Waals surface area contributed by atoms with E-state index >= 15 is 0 Å². The normalized spacial score (nSPS) is 10.8. The van der Waals surface area contributed by atoms with Crippen molar-refractivity contribution in [2.75, 3.05) is 18.4 Å². The Hall–Kier alpha value is -2.37. The van der Waals surface area contributed by atoms with Gasteiger partial charge in [-0.3, -0.25) is 14.4 Å². The Morgan fingerprint density at radius 2 is 1.52 bits per heavy atom. The molecule has 6 nitrogen and oxygen atoms in total. The van der Waals surface area contributed by atoms with Gasteiger partial charge in [-0.1, -0.05) is 20.8 Å². The first-order chi connectivity index (χ1) is 10.7. The zero-order valence-corrected chi connectivity index (χ0v) is 14.2. The van der Waals surface area contributed by atoms with Crippen molar-refractivity contribution in [3.8, 4) is 0 Å². The second kappa shape index (κ2) is 8.31. The predicted molar refractivity (Wildman–Crippen MR) is 90.2 cm³/mol. The number of amides is 3. The molecule has 0 atom stereocenters. The highest BCUT2D eigenvalue weighted by molar-refractivity contribution is 5.95. The van der Waals surface area contributed by atoms with Gasteiger partial charge in [0.05, 0.1) is 0 Å². The van der Waals surface area contributed by atoms with Gasteiger partial charge in [-0.25, -0.2) is 0 Å². The average molecular weight is 319 g/mol. The van der Waals surface area contributed by atoms with Crippen molar-refractivity contribution in [1.29, 1.82) is 0 Å². The van der Waals surface area contributed by atoms with E-state index in [0.29, 0.717) is 30.8 Å². The van der Waals surface area contributed by atoms with Crippen LogP contribution in [0.2, 0.25) is 0 Å². The second-order valence-corrected chi connectivity index (χ2v) is 6.60. The molecule has 23 heavy (non-hydrogen) atoms. The van der Waals surface area contributed by atoms with Crippen molar-refractivity contribution in [2.24, 2.45) is 5.41 Å². The summed E-state index contributed by atoms with van der Waals surface area (Å²) in [6, 6.07) is 6.61. The molecule has 0 aliphatic heterocycles. The summed E-state index contributed by atoms with van der Waals surface area (Å²) in [4.78, 5) is 34.5. The molecule has 0 aliphatic rings. The highest BCUT2D eigenvalue weighted by atomic mass is 16.2. The molecular weight excluding hydrogens is 294 g/mol. The van der Waals surface area contributed by atoms with Gasteiger partial charge >= 0.3 is 0 Å². The molecule has 0 aromatic heterocycles. The zero-order chi connectivity index (χ0) is 17.5. The minimum atomic E-state index is -0.218. The lowest BCUT2D eigenvalue weighted by Crippen LogP contribution is -2.35. The maximum atomic E-state index is 11.9. The van der Waals surface area contributed by atoms with Crippen LogP contribution in [0.25, 0.3) is 0 Å². The zero-order valence-electron chi connectivity index (χ0n) is 14.2. The molecular formula is C17H25N3O3. The van der Waals surface area contributed by atoms with Crippen LogP contribution in [0.15, 0.2) is 24.3 Å². The molecule has 126 valence electrons. The maximum absolute atomic E-state index is 11.9. The summed E-state index contributed by atoms with van der Waals surface area (Å²) in [6.07, 6.45) is 0.450. The third-order valence-corrected chi connectivity index (χ3v) is 2.89. The van der Waals surface area contributed by atoms with Crippen LogP contribution in [-0.4, -0.2) is 30.8 Å². The van der Waals surface area contributed by atoms with Crippen LogP contribution in [0.5, 0.6) is 0 Å². The third kappa shape index (κ3) is 7.99. The highest BCUT2D eigenvalue weighted by Gasteiger charge is 2.15. The molecule has 0 heterocycles. The summed E-state index contributed by atoms with van der Waals surface area (Å²) in [5.41, 5.74) is 1.09. The van der Waals surface area contributed by atoms with Crippen LogP contribution in [0, 0.1) is 5.41 Å². The quantitative estimate of drug-likeness (QED) is 0.700. The summed E-state index contributed by atoms with van der Waals surface area (Å²) < 4.78 is 0. The number of benzene rings is 1. The minimum absolute atomic E-state index is 0.0218. The molecule has 0 bridgehead atoms. The Labute approximate surface area is 137 Å². The molecule has 0 fully saturated rings. The summed E-state index contributed by atoms with van der Waals surface area (Å²) >= 11 is 0. The first kappa shape index (κ1) is 18.7. The molecule has 0 saturated heterocycles. The summed E-state index contributed by atoms with van der Waals surface area (Å²) in [7, 11) is 0. The van der Waals surface area contributed by atoms with E-state index in [1.165, 1.54) is 6.92 Å². The molecule has 0 saturated carbocycles. The first-order valence-corrected chi connectivity index (χ1v) is 7.60. The highest BCUT2D eigenvalue weighted by Crippen LogP contribution is 2.17. The van der Waals surface area contributed by atoms with Gasteiger partial charge < -0.3 is 16.0 Å². The Balaban J connectivity index is 2.34. The van der Waals surface area contributed by atoms with Gasteiger partial charge in [-0.05, 0) is 29.7 Å². The van der Waals surface area contributed by atoms with Gasteiger partial charge in [0.1, 0.15) is 0 Å². The lowest BCUT2D eigenvalue weighted by Gasteiger charge is -2.17. The predicted octanol–water partition coefficient (Wildman–Crippen LogP) is 1.93. The lowest BCUT2D eigenvalue weighted by molar-refractivity contribution is -0.122. The fourth-order valence-electron chi connectivity index (χ4n) is 1.93. The van der Waals surface area contributed by atoms with E-state index in [9.17, 15) is 14.4 Å². The molecule has 1 rings (SSSR count). The summed E-state index contributed by atoms with van der Waals surface area (Å²) in [5, 5.41) is 8.15. The Morgan fingerprint density at radius 3 is 2.04 bits per heavy atom. The van der Waals surface area contributed by atoms with E-state index in [0.717, 1.165) is 0 Å². The Morgan fingerprint density at radius 1 is 0.957 bits per heavy atom. The third-order valence-electron chi connectivity index (χ3n) is 2.89. The number of carbonyl (C=O) groups is 3. The van der Waals surface area contributed by atoms with E-state index in [1.807, 2.05) is 20.8 Å². The van der Waals surface area contributed by atoms with Gasteiger partial charge in [0.15, 0.2) is 0 Å². The molecule has 3 amide bonds. The van der Waals surface area contributed by atoms with E-state index in [2.05, 4.69) is 16.0 Å².